The number of nitrogen functional groups attached to an aromatic ring is 1. The van der Waals surface area contributed by atoms with Gasteiger partial charge in [-0.05, 0) is 55.6 Å². The SMILES string of the molecule is Cc1ccc(C(C(=O)NC2CCCC2)N(C(=O)c2snc(C(N)=O)c2N)c2ccc3c(c2)OCO3)o1. The number of hydrogen-bond donors (Lipinski definition) is 3. The fraction of sp³-hybridized carbons (Fsp3) is 0.333. The van der Waals surface area contributed by atoms with Crippen LogP contribution in [0, 0.1) is 6.92 Å². The number of hydrogen-bond acceptors (Lipinski definition) is 9. The highest BCUT2D eigenvalue weighted by atomic mass is 32.1. The summed E-state index contributed by atoms with van der Waals surface area (Å²) in [6.45, 7) is 1.79. The molecule has 1 aliphatic heterocycles. The number of anilines is 2. The third kappa shape index (κ3) is 4.35. The maximum absolute atomic E-state index is 14.0. The average molecular weight is 512 g/mol. The Morgan fingerprint density at radius 3 is 2.56 bits per heavy atom. The minimum Gasteiger partial charge on any atom is -0.464 e. The van der Waals surface area contributed by atoms with Crippen LogP contribution in [0.1, 0.15) is 63.4 Å². The number of amides is 3. The van der Waals surface area contributed by atoms with Crippen LogP contribution >= 0.6 is 11.5 Å². The van der Waals surface area contributed by atoms with Crippen molar-refractivity contribution in [2.45, 2.75) is 44.7 Å². The Bertz CT molecular complexity index is 1330. The Morgan fingerprint density at radius 2 is 1.89 bits per heavy atom. The van der Waals surface area contributed by atoms with Crippen LogP contribution in [0.5, 0.6) is 11.5 Å². The number of aryl methyl sites for hydroxylation is 1. The van der Waals surface area contributed by atoms with Crippen LogP contribution in [0.2, 0.25) is 0 Å². The molecule has 2 aromatic heterocycles. The van der Waals surface area contributed by atoms with E-state index in [9.17, 15) is 14.4 Å². The predicted octanol–water partition coefficient (Wildman–Crippen LogP) is 2.90. The molecule has 2 aliphatic rings. The molecule has 1 fully saturated rings. The van der Waals surface area contributed by atoms with E-state index in [4.69, 9.17) is 25.4 Å². The summed E-state index contributed by atoms with van der Waals surface area (Å²) in [6.07, 6.45) is 3.76. The van der Waals surface area contributed by atoms with Crippen molar-refractivity contribution < 1.29 is 28.3 Å². The van der Waals surface area contributed by atoms with Gasteiger partial charge in [-0.2, -0.15) is 4.37 Å². The molecule has 1 aromatic carbocycles. The normalized spacial score (nSPS) is 15.6. The number of aromatic nitrogens is 1. The van der Waals surface area contributed by atoms with Gasteiger partial charge >= 0.3 is 0 Å². The van der Waals surface area contributed by atoms with Gasteiger partial charge in [0, 0.05) is 17.8 Å². The van der Waals surface area contributed by atoms with Gasteiger partial charge in [-0.25, -0.2) is 0 Å². The highest BCUT2D eigenvalue weighted by Crippen LogP contribution is 2.40. The summed E-state index contributed by atoms with van der Waals surface area (Å²) in [6, 6.07) is 7.11. The number of carbonyl (C=O) groups excluding carboxylic acids is 3. The van der Waals surface area contributed by atoms with Crippen molar-refractivity contribution in [2.24, 2.45) is 5.73 Å². The van der Waals surface area contributed by atoms with E-state index in [2.05, 4.69) is 9.69 Å². The molecule has 5 rings (SSSR count). The van der Waals surface area contributed by atoms with E-state index >= 15 is 0 Å². The molecule has 3 aromatic rings. The standard InChI is InChI=1S/C24H25N5O6S/c1-12-6-8-16(35-12)20(23(31)27-13-4-2-3-5-13)29(14-7-9-15-17(10-14)34-11-33-15)24(32)21-18(25)19(22(26)30)28-36-21/h6-10,13,20H,2-5,11,25H2,1H3,(H2,26,30)(H,27,31). The Kier molecular flexibility index (Phi) is 6.27. The summed E-state index contributed by atoms with van der Waals surface area (Å²) < 4.78 is 20.7. The monoisotopic (exact) mass is 511 g/mol. The smallest absolute Gasteiger partial charge is 0.273 e. The van der Waals surface area contributed by atoms with Gasteiger partial charge in [0.1, 0.15) is 16.4 Å². The zero-order chi connectivity index (χ0) is 25.4. The molecule has 188 valence electrons. The van der Waals surface area contributed by atoms with Gasteiger partial charge in [-0.3, -0.25) is 19.3 Å². The molecule has 1 unspecified atom stereocenters. The first-order valence-corrected chi connectivity index (χ1v) is 12.3. The van der Waals surface area contributed by atoms with E-state index in [0.717, 1.165) is 37.2 Å². The zero-order valence-electron chi connectivity index (χ0n) is 19.5. The molecule has 12 heteroatoms. The fourth-order valence-electron chi connectivity index (χ4n) is 4.48. The number of nitrogens with two attached hydrogens (primary N) is 2. The van der Waals surface area contributed by atoms with Crippen molar-refractivity contribution in [1.82, 2.24) is 9.69 Å². The van der Waals surface area contributed by atoms with Gasteiger partial charge in [-0.15, -0.1) is 0 Å². The number of nitrogens with zero attached hydrogens (tertiary/aromatic N) is 2. The van der Waals surface area contributed by atoms with E-state index in [1.54, 1.807) is 37.3 Å². The molecule has 11 nitrogen and oxygen atoms in total. The van der Waals surface area contributed by atoms with Gasteiger partial charge in [0.2, 0.25) is 6.79 Å². The Morgan fingerprint density at radius 1 is 1.14 bits per heavy atom. The number of primary amides is 1. The topological polar surface area (TPSA) is 163 Å². The molecule has 3 heterocycles. The zero-order valence-corrected chi connectivity index (χ0v) is 20.3. The molecule has 3 amide bonds. The minimum atomic E-state index is -1.18. The number of ether oxygens (including phenoxy) is 2. The molecule has 0 spiro atoms. The van der Waals surface area contributed by atoms with Crippen molar-refractivity contribution in [3.63, 3.8) is 0 Å². The summed E-state index contributed by atoms with van der Waals surface area (Å²) in [5.41, 5.74) is 11.5. The van der Waals surface area contributed by atoms with Gasteiger partial charge in [-0.1, -0.05) is 12.8 Å². The Labute approximate surface area is 210 Å². The number of fused-ring (bicyclic) bond motifs is 1. The molecule has 5 N–H and O–H groups in total. The van der Waals surface area contributed by atoms with Crippen LogP contribution < -0.4 is 31.2 Å². The molecule has 0 radical (unpaired) electrons. The minimum absolute atomic E-state index is 0.000275. The Hall–Kier alpha value is -4.06. The average Bonchev–Trinajstić information content (AvgIpc) is 3.64. The second kappa shape index (κ2) is 9.53. The second-order valence-corrected chi connectivity index (χ2v) is 9.47. The first-order chi connectivity index (χ1) is 17.3. The van der Waals surface area contributed by atoms with E-state index in [1.807, 2.05) is 0 Å². The molecule has 1 atom stereocenters. The van der Waals surface area contributed by atoms with Crippen molar-refractivity contribution >= 4 is 40.6 Å². The number of nitrogens with one attached hydrogen (secondary N) is 1. The summed E-state index contributed by atoms with van der Waals surface area (Å²) in [7, 11) is 0. The summed E-state index contributed by atoms with van der Waals surface area (Å²) in [4.78, 5) is 40.8. The molecular formula is C24H25N5O6S. The fourth-order valence-corrected chi connectivity index (χ4v) is 5.22. The highest BCUT2D eigenvalue weighted by molar-refractivity contribution is 7.09. The third-order valence-electron chi connectivity index (χ3n) is 6.25. The number of carbonyl (C=O) groups is 3. The Balaban J connectivity index is 1.63. The van der Waals surface area contributed by atoms with Crippen molar-refractivity contribution in [1.29, 1.82) is 0 Å². The number of furan rings is 1. The first kappa shape index (κ1) is 23.7. The van der Waals surface area contributed by atoms with E-state index in [1.165, 1.54) is 4.90 Å². The van der Waals surface area contributed by atoms with Crippen LogP contribution in [0.4, 0.5) is 11.4 Å². The van der Waals surface area contributed by atoms with Crippen LogP contribution in [-0.2, 0) is 4.79 Å². The lowest BCUT2D eigenvalue weighted by atomic mass is 10.1. The van der Waals surface area contributed by atoms with Crippen molar-refractivity contribution in [2.75, 3.05) is 17.4 Å². The van der Waals surface area contributed by atoms with E-state index in [-0.39, 0.29) is 34.9 Å². The van der Waals surface area contributed by atoms with E-state index in [0.29, 0.717) is 22.9 Å². The summed E-state index contributed by atoms with van der Waals surface area (Å²) >= 11 is 0.738. The van der Waals surface area contributed by atoms with Crippen LogP contribution in [-0.4, -0.2) is 34.9 Å². The van der Waals surface area contributed by atoms with Crippen LogP contribution in [0.25, 0.3) is 0 Å². The molecular weight excluding hydrogens is 486 g/mol. The first-order valence-electron chi connectivity index (χ1n) is 11.5. The largest absolute Gasteiger partial charge is 0.464 e. The second-order valence-electron chi connectivity index (χ2n) is 8.69. The van der Waals surface area contributed by atoms with Crippen LogP contribution in [0.15, 0.2) is 34.7 Å². The lowest BCUT2D eigenvalue weighted by molar-refractivity contribution is -0.123. The molecule has 36 heavy (non-hydrogen) atoms. The third-order valence-corrected chi connectivity index (χ3v) is 7.10. The maximum atomic E-state index is 14.0. The highest BCUT2D eigenvalue weighted by Gasteiger charge is 2.39. The maximum Gasteiger partial charge on any atom is 0.273 e. The molecule has 1 aliphatic carbocycles. The summed E-state index contributed by atoms with van der Waals surface area (Å²) in [5, 5.41) is 3.07. The van der Waals surface area contributed by atoms with Gasteiger partial charge in [0.15, 0.2) is 23.2 Å². The molecule has 0 saturated heterocycles. The molecule has 0 bridgehead atoms. The summed E-state index contributed by atoms with van der Waals surface area (Å²) in [5.74, 6) is -0.111. The van der Waals surface area contributed by atoms with Crippen molar-refractivity contribution in [3.05, 3.63) is 52.4 Å². The number of benzene rings is 1. The lowest BCUT2D eigenvalue weighted by Crippen LogP contribution is -2.46. The number of rotatable bonds is 7. The predicted molar refractivity (Wildman–Crippen MR) is 131 cm³/mol. The van der Waals surface area contributed by atoms with Gasteiger partial charge in [0.05, 0.1) is 5.69 Å². The van der Waals surface area contributed by atoms with Crippen LogP contribution in [0.3, 0.4) is 0 Å². The lowest BCUT2D eigenvalue weighted by Gasteiger charge is -2.30. The van der Waals surface area contributed by atoms with Gasteiger partial charge in [0.25, 0.3) is 17.7 Å². The quantitative estimate of drug-likeness (QED) is 0.436. The van der Waals surface area contributed by atoms with E-state index < -0.39 is 23.8 Å². The molecule has 1 saturated carbocycles. The van der Waals surface area contributed by atoms with Crippen molar-refractivity contribution in [3.8, 4) is 11.5 Å². The van der Waals surface area contributed by atoms with Gasteiger partial charge < -0.3 is 30.7 Å².